The first-order valence-electron chi connectivity index (χ1n) is 11.6. The van der Waals surface area contributed by atoms with Crippen LogP contribution in [0.5, 0.6) is 5.75 Å². The van der Waals surface area contributed by atoms with Crippen molar-refractivity contribution in [1.82, 2.24) is 14.8 Å². The largest absolute Gasteiger partial charge is 0.573 e. The van der Waals surface area contributed by atoms with E-state index >= 15 is 0 Å². The Balaban J connectivity index is 1.91. The highest BCUT2D eigenvalue weighted by atomic mass is 19.4. The molecular formula is C29H21F3N4O. The molecule has 5 aromatic rings. The summed E-state index contributed by atoms with van der Waals surface area (Å²) in [5.41, 5.74) is 4.38. The van der Waals surface area contributed by atoms with E-state index in [0.29, 0.717) is 33.5 Å². The van der Waals surface area contributed by atoms with Crippen LogP contribution in [0.3, 0.4) is 0 Å². The molecule has 2 heterocycles. The molecule has 0 amide bonds. The SMILES string of the molecule is CCc1ccc(-c2nc3c(c(C)nn3-c3ccccc3)c(-c3ccccc3OC(F)(F)F)c2C#N)cc1. The minimum atomic E-state index is -4.91. The molecule has 0 N–H and O–H groups in total. The molecule has 0 aliphatic carbocycles. The van der Waals surface area contributed by atoms with Gasteiger partial charge in [0.05, 0.1) is 28.0 Å². The molecule has 5 rings (SSSR count). The zero-order valence-corrected chi connectivity index (χ0v) is 20.0. The Morgan fingerprint density at radius 3 is 2.27 bits per heavy atom. The van der Waals surface area contributed by atoms with Gasteiger partial charge >= 0.3 is 6.36 Å². The number of para-hydroxylation sites is 2. The normalized spacial score (nSPS) is 11.5. The first kappa shape index (κ1) is 24.1. The molecule has 2 aromatic heterocycles. The molecule has 0 aliphatic heterocycles. The molecule has 0 fully saturated rings. The first-order chi connectivity index (χ1) is 17.8. The van der Waals surface area contributed by atoms with Crippen molar-refractivity contribution >= 4 is 11.0 Å². The average molecular weight is 499 g/mol. The van der Waals surface area contributed by atoms with Crippen molar-refractivity contribution in [3.05, 3.63) is 95.7 Å². The van der Waals surface area contributed by atoms with Gasteiger partial charge in [0.25, 0.3) is 0 Å². The predicted molar refractivity (Wildman–Crippen MR) is 135 cm³/mol. The van der Waals surface area contributed by atoms with Gasteiger partial charge in [-0.05, 0) is 37.1 Å². The van der Waals surface area contributed by atoms with Crippen molar-refractivity contribution in [2.45, 2.75) is 26.6 Å². The number of alkyl halides is 3. The third kappa shape index (κ3) is 4.52. The van der Waals surface area contributed by atoms with Crippen molar-refractivity contribution in [3.8, 4) is 39.9 Å². The molecule has 0 saturated heterocycles. The molecule has 5 nitrogen and oxygen atoms in total. The van der Waals surface area contributed by atoms with Crippen molar-refractivity contribution in [2.24, 2.45) is 0 Å². The standard InChI is InChI=1S/C29H21F3N4O/c1-3-19-13-15-20(16-14-19)27-23(17-33)26(22-11-7-8-12-24(22)37-29(30,31)32)25-18(2)35-36(28(25)34-27)21-9-5-4-6-10-21/h4-16H,3H2,1-2H3. The van der Waals surface area contributed by atoms with Gasteiger partial charge in [-0.15, -0.1) is 13.2 Å². The molecule has 0 aliphatic rings. The fraction of sp³-hybridized carbons (Fsp3) is 0.138. The number of hydrogen-bond donors (Lipinski definition) is 0. The number of pyridine rings is 1. The van der Waals surface area contributed by atoms with Crippen LogP contribution in [0.2, 0.25) is 0 Å². The number of nitriles is 1. The number of hydrogen-bond acceptors (Lipinski definition) is 4. The van der Waals surface area contributed by atoms with Gasteiger partial charge in [0.15, 0.2) is 5.65 Å². The van der Waals surface area contributed by atoms with Gasteiger partial charge in [0.1, 0.15) is 11.8 Å². The van der Waals surface area contributed by atoms with Gasteiger partial charge in [-0.2, -0.15) is 10.4 Å². The molecule has 37 heavy (non-hydrogen) atoms. The van der Waals surface area contributed by atoms with Gasteiger partial charge < -0.3 is 4.74 Å². The van der Waals surface area contributed by atoms with Gasteiger partial charge in [-0.1, -0.05) is 67.6 Å². The summed E-state index contributed by atoms with van der Waals surface area (Å²) in [4.78, 5) is 4.87. The third-order valence-corrected chi connectivity index (χ3v) is 6.12. The first-order valence-corrected chi connectivity index (χ1v) is 11.6. The van der Waals surface area contributed by atoms with E-state index in [9.17, 15) is 18.4 Å². The van der Waals surface area contributed by atoms with E-state index in [1.165, 1.54) is 18.2 Å². The second kappa shape index (κ2) is 9.43. The Hall–Kier alpha value is -4.64. The molecule has 0 unspecified atom stereocenters. The number of ether oxygens (including phenoxy) is 1. The van der Waals surface area contributed by atoms with Gasteiger partial charge in [0.2, 0.25) is 0 Å². The second-order valence-electron chi connectivity index (χ2n) is 8.45. The monoisotopic (exact) mass is 498 g/mol. The smallest absolute Gasteiger partial charge is 0.405 e. The summed E-state index contributed by atoms with van der Waals surface area (Å²) in [5.74, 6) is -0.404. The van der Waals surface area contributed by atoms with E-state index in [4.69, 9.17) is 4.98 Å². The van der Waals surface area contributed by atoms with Crippen LogP contribution in [0.25, 0.3) is 39.1 Å². The Morgan fingerprint density at radius 2 is 1.62 bits per heavy atom. The quantitative estimate of drug-likeness (QED) is 0.253. The molecule has 0 saturated carbocycles. The van der Waals surface area contributed by atoms with Gasteiger partial charge in [0, 0.05) is 16.7 Å². The van der Waals surface area contributed by atoms with Crippen LogP contribution < -0.4 is 4.74 Å². The lowest BCUT2D eigenvalue weighted by Crippen LogP contribution is -2.17. The minimum absolute atomic E-state index is 0.130. The highest BCUT2D eigenvalue weighted by molar-refractivity contribution is 6.02. The molecule has 3 aromatic carbocycles. The van der Waals surface area contributed by atoms with Crippen LogP contribution in [0, 0.1) is 18.3 Å². The Bertz CT molecular complexity index is 1630. The summed E-state index contributed by atoms with van der Waals surface area (Å²) in [7, 11) is 0. The average Bonchev–Trinajstić information content (AvgIpc) is 3.23. The van der Waals surface area contributed by atoms with E-state index in [2.05, 4.69) is 15.9 Å². The maximum Gasteiger partial charge on any atom is 0.573 e. The molecule has 0 radical (unpaired) electrons. The van der Waals surface area contributed by atoms with Crippen LogP contribution in [-0.2, 0) is 6.42 Å². The third-order valence-electron chi connectivity index (χ3n) is 6.12. The summed E-state index contributed by atoms with van der Waals surface area (Å²) in [6.45, 7) is 3.79. The summed E-state index contributed by atoms with van der Waals surface area (Å²) in [6, 6.07) is 25.0. The number of halogens is 3. The summed E-state index contributed by atoms with van der Waals surface area (Å²) in [5, 5.41) is 15.5. The van der Waals surface area contributed by atoms with Crippen LogP contribution in [0.1, 0.15) is 23.7 Å². The molecule has 8 heteroatoms. The highest BCUT2D eigenvalue weighted by Crippen LogP contribution is 2.43. The lowest BCUT2D eigenvalue weighted by Gasteiger charge is -2.17. The van der Waals surface area contributed by atoms with Crippen molar-refractivity contribution < 1.29 is 17.9 Å². The zero-order valence-electron chi connectivity index (χ0n) is 20.0. The zero-order chi connectivity index (χ0) is 26.2. The molecule has 0 bridgehead atoms. The van der Waals surface area contributed by atoms with E-state index in [0.717, 1.165) is 17.7 Å². The second-order valence-corrected chi connectivity index (χ2v) is 8.45. The van der Waals surface area contributed by atoms with Crippen molar-refractivity contribution in [3.63, 3.8) is 0 Å². The maximum absolute atomic E-state index is 13.3. The number of benzene rings is 3. The molecule has 0 spiro atoms. The fourth-order valence-corrected chi connectivity index (χ4v) is 4.44. The fourth-order valence-electron chi connectivity index (χ4n) is 4.44. The number of fused-ring (bicyclic) bond motifs is 1. The Labute approximate surface area is 211 Å². The van der Waals surface area contributed by atoms with Gasteiger partial charge in [-0.25, -0.2) is 9.67 Å². The van der Waals surface area contributed by atoms with E-state index < -0.39 is 12.1 Å². The number of nitrogens with zero attached hydrogens (tertiary/aromatic N) is 4. The topological polar surface area (TPSA) is 63.7 Å². The van der Waals surface area contributed by atoms with Crippen LogP contribution >= 0.6 is 0 Å². The Kier molecular flexibility index (Phi) is 6.14. The number of rotatable bonds is 5. The van der Waals surface area contributed by atoms with Crippen LogP contribution in [0.4, 0.5) is 13.2 Å². The minimum Gasteiger partial charge on any atom is -0.405 e. The highest BCUT2D eigenvalue weighted by Gasteiger charge is 2.33. The molecule has 184 valence electrons. The predicted octanol–water partition coefficient (Wildman–Crippen LogP) is 7.40. The summed E-state index contributed by atoms with van der Waals surface area (Å²) in [6.07, 6.45) is -4.07. The summed E-state index contributed by atoms with van der Waals surface area (Å²) < 4.78 is 46.0. The molecule has 0 atom stereocenters. The van der Waals surface area contributed by atoms with Gasteiger partial charge in [-0.3, -0.25) is 0 Å². The van der Waals surface area contributed by atoms with Crippen molar-refractivity contribution in [1.29, 1.82) is 5.26 Å². The number of aryl methyl sites for hydroxylation is 2. The number of aromatic nitrogens is 3. The van der Waals surface area contributed by atoms with E-state index in [1.54, 1.807) is 17.7 Å². The van der Waals surface area contributed by atoms with E-state index in [1.807, 2.05) is 61.5 Å². The lowest BCUT2D eigenvalue weighted by molar-refractivity contribution is -0.274. The van der Waals surface area contributed by atoms with Crippen LogP contribution in [-0.4, -0.2) is 21.1 Å². The van der Waals surface area contributed by atoms with Crippen LogP contribution in [0.15, 0.2) is 78.9 Å². The maximum atomic E-state index is 13.3. The van der Waals surface area contributed by atoms with Crippen molar-refractivity contribution in [2.75, 3.05) is 0 Å². The Morgan fingerprint density at radius 1 is 0.946 bits per heavy atom. The lowest BCUT2D eigenvalue weighted by atomic mass is 9.92. The van der Waals surface area contributed by atoms with E-state index in [-0.39, 0.29) is 11.1 Å². The summed E-state index contributed by atoms with van der Waals surface area (Å²) >= 11 is 0. The molecular weight excluding hydrogens is 477 g/mol.